The molecule has 16 heavy (non-hydrogen) atoms. The van der Waals surface area contributed by atoms with Crippen molar-refractivity contribution in [2.45, 2.75) is 19.8 Å². The van der Waals surface area contributed by atoms with Crippen molar-refractivity contribution in [1.82, 2.24) is 14.4 Å². The number of esters is 1. The van der Waals surface area contributed by atoms with Crippen LogP contribution < -0.4 is 0 Å². The summed E-state index contributed by atoms with van der Waals surface area (Å²) in [5.74, 6) is 0.284. The van der Waals surface area contributed by atoms with Gasteiger partial charge in [0.2, 0.25) is 5.78 Å². The van der Waals surface area contributed by atoms with E-state index in [1.54, 1.807) is 22.9 Å². The Balaban J connectivity index is 2.74. The lowest BCUT2D eigenvalue weighted by Crippen LogP contribution is -2.09. The van der Waals surface area contributed by atoms with Gasteiger partial charge in [-0.15, -0.1) is 0 Å². The van der Waals surface area contributed by atoms with E-state index in [-0.39, 0.29) is 11.9 Å². The minimum atomic E-state index is -0.385. The normalized spacial score (nSPS) is 11.0. The quantitative estimate of drug-likeness (QED) is 0.720. The molecule has 5 heteroatoms. The van der Waals surface area contributed by atoms with E-state index in [1.807, 2.05) is 13.8 Å². The van der Waals surface area contributed by atoms with Crippen molar-refractivity contribution < 1.29 is 9.53 Å². The fourth-order valence-corrected chi connectivity index (χ4v) is 1.61. The standard InChI is InChI=1S/C11H13N3O2/c1-7(2)8-9(10(15)16-3)14-6-4-5-12-11(14)13-8/h4-7H,1-3H3. The summed E-state index contributed by atoms with van der Waals surface area (Å²) < 4.78 is 6.42. The SMILES string of the molecule is COC(=O)c1c(C(C)C)nc2ncccn12. The van der Waals surface area contributed by atoms with Crippen molar-refractivity contribution in [3.63, 3.8) is 0 Å². The molecule has 0 atom stereocenters. The van der Waals surface area contributed by atoms with Crippen LogP contribution in [0.5, 0.6) is 0 Å². The van der Waals surface area contributed by atoms with Crippen molar-refractivity contribution in [2.75, 3.05) is 7.11 Å². The highest BCUT2D eigenvalue weighted by Gasteiger charge is 2.21. The molecule has 0 saturated heterocycles. The van der Waals surface area contributed by atoms with Gasteiger partial charge in [-0.1, -0.05) is 13.8 Å². The first kappa shape index (κ1) is 10.6. The summed E-state index contributed by atoms with van der Waals surface area (Å²) in [7, 11) is 1.36. The van der Waals surface area contributed by atoms with Gasteiger partial charge in [-0.3, -0.25) is 4.40 Å². The van der Waals surface area contributed by atoms with Crippen molar-refractivity contribution in [3.8, 4) is 0 Å². The van der Waals surface area contributed by atoms with Crippen LogP contribution in [0.25, 0.3) is 5.78 Å². The number of fused-ring (bicyclic) bond motifs is 1. The van der Waals surface area contributed by atoms with Gasteiger partial charge < -0.3 is 4.74 Å². The summed E-state index contributed by atoms with van der Waals surface area (Å²) in [4.78, 5) is 20.1. The van der Waals surface area contributed by atoms with E-state index >= 15 is 0 Å². The second kappa shape index (κ2) is 3.92. The van der Waals surface area contributed by atoms with E-state index in [9.17, 15) is 4.79 Å². The number of rotatable bonds is 2. The minimum Gasteiger partial charge on any atom is -0.464 e. The molecule has 0 aliphatic carbocycles. The van der Waals surface area contributed by atoms with Crippen LogP contribution >= 0.6 is 0 Å². The molecular weight excluding hydrogens is 206 g/mol. The van der Waals surface area contributed by atoms with Crippen LogP contribution in [0.1, 0.15) is 35.9 Å². The zero-order valence-electron chi connectivity index (χ0n) is 9.47. The van der Waals surface area contributed by atoms with E-state index in [0.717, 1.165) is 0 Å². The van der Waals surface area contributed by atoms with Crippen LogP contribution in [0, 0.1) is 0 Å². The molecule has 0 radical (unpaired) electrons. The first-order valence-electron chi connectivity index (χ1n) is 5.06. The molecule has 0 saturated carbocycles. The molecule has 0 N–H and O–H groups in total. The summed E-state index contributed by atoms with van der Waals surface area (Å²) in [5.41, 5.74) is 1.17. The Morgan fingerprint density at radius 2 is 2.25 bits per heavy atom. The summed E-state index contributed by atoms with van der Waals surface area (Å²) in [6.07, 6.45) is 3.40. The molecule has 0 amide bonds. The van der Waals surface area contributed by atoms with Crippen molar-refractivity contribution in [2.24, 2.45) is 0 Å². The van der Waals surface area contributed by atoms with Crippen LogP contribution in [0.2, 0.25) is 0 Å². The van der Waals surface area contributed by atoms with E-state index in [0.29, 0.717) is 17.2 Å². The second-order valence-electron chi connectivity index (χ2n) is 3.78. The first-order chi connectivity index (χ1) is 7.65. The fourth-order valence-electron chi connectivity index (χ4n) is 1.61. The molecule has 0 bridgehead atoms. The molecule has 0 aliphatic heterocycles. The molecule has 84 valence electrons. The lowest BCUT2D eigenvalue weighted by Gasteiger charge is -2.04. The average molecular weight is 219 g/mol. The number of hydrogen-bond acceptors (Lipinski definition) is 4. The summed E-state index contributed by atoms with van der Waals surface area (Å²) in [5, 5.41) is 0. The van der Waals surface area contributed by atoms with Crippen molar-refractivity contribution in [3.05, 3.63) is 29.8 Å². The number of methoxy groups -OCH3 is 1. The molecule has 2 aromatic heterocycles. The van der Waals surface area contributed by atoms with Gasteiger partial charge in [-0.2, -0.15) is 0 Å². The third-order valence-corrected chi connectivity index (χ3v) is 2.36. The summed E-state index contributed by atoms with van der Waals surface area (Å²) >= 11 is 0. The number of hydrogen-bond donors (Lipinski definition) is 0. The molecule has 0 fully saturated rings. The maximum atomic E-state index is 11.7. The number of carbonyl (C=O) groups is 1. The molecule has 0 aromatic carbocycles. The van der Waals surface area contributed by atoms with Crippen LogP contribution in [0.15, 0.2) is 18.5 Å². The monoisotopic (exact) mass is 219 g/mol. The Bertz CT molecular complexity index is 531. The van der Waals surface area contributed by atoms with Crippen molar-refractivity contribution in [1.29, 1.82) is 0 Å². The number of carbonyl (C=O) groups excluding carboxylic acids is 1. The number of aromatic nitrogens is 3. The molecule has 2 rings (SSSR count). The van der Waals surface area contributed by atoms with Crippen molar-refractivity contribution >= 4 is 11.7 Å². The zero-order chi connectivity index (χ0) is 11.7. The van der Waals surface area contributed by atoms with Gasteiger partial charge in [0, 0.05) is 12.4 Å². The summed E-state index contributed by atoms with van der Waals surface area (Å²) in [6, 6.07) is 1.76. The molecule has 0 aliphatic rings. The van der Waals surface area contributed by atoms with Gasteiger partial charge in [-0.05, 0) is 12.0 Å². The van der Waals surface area contributed by atoms with E-state index in [4.69, 9.17) is 4.74 Å². The minimum absolute atomic E-state index is 0.149. The smallest absolute Gasteiger partial charge is 0.357 e. The Morgan fingerprint density at radius 3 is 2.88 bits per heavy atom. The average Bonchev–Trinajstić information content (AvgIpc) is 2.67. The summed E-state index contributed by atoms with van der Waals surface area (Å²) in [6.45, 7) is 3.96. The van der Waals surface area contributed by atoms with E-state index in [1.165, 1.54) is 7.11 Å². The molecular formula is C11H13N3O2. The predicted octanol–water partition coefficient (Wildman–Crippen LogP) is 1.64. The Hall–Kier alpha value is -1.91. The van der Waals surface area contributed by atoms with Gasteiger partial charge >= 0.3 is 5.97 Å². The molecule has 0 spiro atoms. The lowest BCUT2D eigenvalue weighted by atomic mass is 10.1. The number of nitrogens with zero attached hydrogens (tertiary/aromatic N) is 3. The molecule has 5 nitrogen and oxygen atoms in total. The number of ether oxygens (including phenoxy) is 1. The number of imidazole rings is 1. The maximum Gasteiger partial charge on any atom is 0.357 e. The van der Waals surface area contributed by atoms with Crippen LogP contribution in [0.4, 0.5) is 0 Å². The molecule has 2 heterocycles. The second-order valence-corrected chi connectivity index (χ2v) is 3.78. The highest BCUT2D eigenvalue weighted by atomic mass is 16.5. The van der Waals surface area contributed by atoms with Crippen LogP contribution in [-0.4, -0.2) is 27.4 Å². The fraction of sp³-hybridized carbons (Fsp3) is 0.364. The highest BCUT2D eigenvalue weighted by Crippen LogP contribution is 2.20. The van der Waals surface area contributed by atoms with E-state index < -0.39 is 0 Å². The predicted molar refractivity (Wildman–Crippen MR) is 58.4 cm³/mol. The van der Waals surface area contributed by atoms with Gasteiger partial charge in [0.25, 0.3) is 0 Å². The Labute approximate surface area is 93.1 Å². The highest BCUT2D eigenvalue weighted by molar-refractivity contribution is 5.90. The van der Waals surface area contributed by atoms with Gasteiger partial charge in [0.1, 0.15) is 0 Å². The van der Waals surface area contributed by atoms with Gasteiger partial charge in [-0.25, -0.2) is 14.8 Å². The molecule has 0 unspecified atom stereocenters. The third kappa shape index (κ3) is 1.54. The Morgan fingerprint density at radius 1 is 1.50 bits per heavy atom. The lowest BCUT2D eigenvalue weighted by molar-refractivity contribution is 0.0591. The first-order valence-corrected chi connectivity index (χ1v) is 5.06. The largest absolute Gasteiger partial charge is 0.464 e. The Kier molecular flexibility index (Phi) is 2.60. The topological polar surface area (TPSA) is 56.5 Å². The van der Waals surface area contributed by atoms with Crippen LogP contribution in [0.3, 0.4) is 0 Å². The van der Waals surface area contributed by atoms with Crippen LogP contribution in [-0.2, 0) is 4.74 Å². The molecule has 2 aromatic rings. The third-order valence-electron chi connectivity index (χ3n) is 2.36. The zero-order valence-corrected chi connectivity index (χ0v) is 9.47. The maximum absolute atomic E-state index is 11.7. The van der Waals surface area contributed by atoms with Gasteiger partial charge in [0.05, 0.1) is 12.8 Å². The van der Waals surface area contributed by atoms with E-state index in [2.05, 4.69) is 9.97 Å². The van der Waals surface area contributed by atoms with Gasteiger partial charge in [0.15, 0.2) is 5.69 Å².